The van der Waals surface area contributed by atoms with Gasteiger partial charge in [-0.2, -0.15) is 11.3 Å². The molecule has 0 unspecified atom stereocenters. The van der Waals surface area contributed by atoms with E-state index in [0.29, 0.717) is 5.76 Å². The third-order valence-electron chi connectivity index (χ3n) is 2.00. The van der Waals surface area contributed by atoms with Crippen LogP contribution >= 0.6 is 11.3 Å². The number of rotatable bonds is 3. The highest BCUT2D eigenvalue weighted by atomic mass is 32.1. The van der Waals surface area contributed by atoms with Crippen LogP contribution in [0.2, 0.25) is 0 Å². The van der Waals surface area contributed by atoms with Crippen molar-refractivity contribution in [1.29, 1.82) is 0 Å². The topological polar surface area (TPSA) is 82.3 Å². The van der Waals surface area contributed by atoms with Crippen molar-refractivity contribution in [1.82, 2.24) is 0 Å². The summed E-state index contributed by atoms with van der Waals surface area (Å²) in [7, 11) is 0. The molecular formula is C9H8N2O3S. The Kier molecular flexibility index (Phi) is 2.53. The smallest absolute Gasteiger partial charge is 0.404 e. The van der Waals surface area contributed by atoms with Gasteiger partial charge < -0.3 is 10.2 Å². The second-order valence-corrected chi connectivity index (χ2v) is 3.75. The molecule has 5 nitrogen and oxygen atoms in total. The van der Waals surface area contributed by atoms with Crippen LogP contribution in [0.1, 0.15) is 17.4 Å². The second-order valence-electron chi connectivity index (χ2n) is 2.97. The minimum absolute atomic E-state index is 0.282. The number of nitro groups is 1. The van der Waals surface area contributed by atoms with Crippen LogP contribution in [0.3, 0.4) is 0 Å². The summed E-state index contributed by atoms with van der Waals surface area (Å²) in [5.41, 5.74) is 6.76. The maximum atomic E-state index is 10.4. The van der Waals surface area contributed by atoms with E-state index in [9.17, 15) is 10.1 Å². The highest BCUT2D eigenvalue weighted by Gasteiger charge is 2.18. The maximum absolute atomic E-state index is 10.4. The molecule has 2 N–H and O–H groups in total. The van der Waals surface area contributed by atoms with Crippen molar-refractivity contribution < 1.29 is 9.34 Å². The molecule has 0 bridgehead atoms. The fourth-order valence-corrected chi connectivity index (χ4v) is 1.92. The first-order chi connectivity index (χ1) is 7.18. The second kappa shape index (κ2) is 3.84. The first-order valence-corrected chi connectivity index (χ1v) is 5.14. The van der Waals surface area contributed by atoms with Gasteiger partial charge in [-0.1, -0.05) is 0 Å². The summed E-state index contributed by atoms with van der Waals surface area (Å²) >= 11 is 1.52. The van der Waals surface area contributed by atoms with Crippen molar-refractivity contribution in [2.75, 3.05) is 0 Å². The van der Waals surface area contributed by atoms with Gasteiger partial charge >= 0.3 is 5.88 Å². The van der Waals surface area contributed by atoms with Crippen molar-refractivity contribution in [3.05, 3.63) is 50.4 Å². The van der Waals surface area contributed by atoms with E-state index in [0.717, 1.165) is 5.56 Å². The van der Waals surface area contributed by atoms with Crippen LogP contribution in [0.4, 0.5) is 5.88 Å². The van der Waals surface area contributed by atoms with Gasteiger partial charge in [0.25, 0.3) is 0 Å². The highest BCUT2D eigenvalue weighted by molar-refractivity contribution is 7.07. The normalized spacial score (nSPS) is 12.6. The van der Waals surface area contributed by atoms with Crippen LogP contribution in [0.5, 0.6) is 0 Å². The number of furan rings is 1. The largest absolute Gasteiger partial charge is 0.433 e. The number of nitrogens with zero attached hydrogens (tertiary/aromatic N) is 1. The van der Waals surface area contributed by atoms with Crippen LogP contribution in [-0.4, -0.2) is 4.92 Å². The van der Waals surface area contributed by atoms with Gasteiger partial charge in [0.05, 0.1) is 12.1 Å². The predicted octanol–water partition coefficient (Wildman–Crippen LogP) is 2.30. The van der Waals surface area contributed by atoms with Crippen LogP contribution in [-0.2, 0) is 0 Å². The zero-order valence-electron chi connectivity index (χ0n) is 7.62. The third kappa shape index (κ3) is 1.90. The number of hydrogen-bond acceptors (Lipinski definition) is 5. The van der Waals surface area contributed by atoms with Gasteiger partial charge in [-0.3, -0.25) is 10.1 Å². The Bertz CT molecular complexity index is 463. The third-order valence-corrected chi connectivity index (χ3v) is 2.70. The summed E-state index contributed by atoms with van der Waals surface area (Å²) in [5, 5.41) is 14.2. The molecule has 15 heavy (non-hydrogen) atoms. The van der Waals surface area contributed by atoms with Gasteiger partial charge in [-0.15, -0.1) is 0 Å². The van der Waals surface area contributed by atoms with Crippen LogP contribution in [0.15, 0.2) is 33.4 Å². The molecular weight excluding hydrogens is 216 g/mol. The molecule has 0 aliphatic rings. The zero-order chi connectivity index (χ0) is 10.8. The van der Waals surface area contributed by atoms with Gasteiger partial charge in [-0.05, 0) is 28.5 Å². The van der Waals surface area contributed by atoms with E-state index < -0.39 is 11.0 Å². The van der Waals surface area contributed by atoms with E-state index in [1.54, 1.807) is 0 Å². The fourth-order valence-electron chi connectivity index (χ4n) is 1.22. The summed E-state index contributed by atoms with van der Waals surface area (Å²) < 4.78 is 5.01. The molecule has 2 rings (SSSR count). The van der Waals surface area contributed by atoms with Gasteiger partial charge in [-0.25, -0.2) is 0 Å². The van der Waals surface area contributed by atoms with Crippen molar-refractivity contribution in [2.24, 2.45) is 5.73 Å². The van der Waals surface area contributed by atoms with E-state index >= 15 is 0 Å². The molecule has 0 fully saturated rings. The Hall–Kier alpha value is -1.66. The van der Waals surface area contributed by atoms with Gasteiger partial charge in [0.1, 0.15) is 10.7 Å². The lowest BCUT2D eigenvalue weighted by Crippen LogP contribution is -2.09. The summed E-state index contributed by atoms with van der Waals surface area (Å²) in [6.07, 6.45) is 0. The Labute approximate surface area is 89.3 Å². The van der Waals surface area contributed by atoms with Crippen molar-refractivity contribution in [3.8, 4) is 0 Å². The Balaban J connectivity index is 2.26. The lowest BCUT2D eigenvalue weighted by atomic mass is 10.1. The molecule has 6 heteroatoms. The molecule has 0 spiro atoms. The number of thiophene rings is 1. The zero-order valence-corrected chi connectivity index (χ0v) is 8.44. The summed E-state index contributed by atoms with van der Waals surface area (Å²) in [5.74, 6) is 0.121. The highest BCUT2D eigenvalue weighted by Crippen LogP contribution is 2.25. The van der Waals surface area contributed by atoms with Crippen LogP contribution in [0, 0.1) is 10.1 Å². The molecule has 0 saturated heterocycles. The number of hydrogen-bond donors (Lipinski definition) is 1. The first kappa shape index (κ1) is 9.88. The molecule has 1 atom stereocenters. The SMILES string of the molecule is N[C@H](c1ccsc1)c1ccc([N+](=O)[O-])o1. The van der Waals surface area contributed by atoms with Gasteiger partial charge in [0.2, 0.25) is 0 Å². The first-order valence-electron chi connectivity index (χ1n) is 4.20. The average Bonchev–Trinajstić information content (AvgIpc) is 2.88. The average molecular weight is 224 g/mol. The fraction of sp³-hybridized carbons (Fsp3) is 0.111. The molecule has 0 radical (unpaired) electrons. The molecule has 0 aliphatic heterocycles. The predicted molar refractivity (Wildman–Crippen MR) is 55.7 cm³/mol. The van der Waals surface area contributed by atoms with E-state index in [1.165, 1.54) is 23.5 Å². The molecule has 0 amide bonds. The molecule has 2 aromatic rings. The summed E-state index contributed by atoms with van der Waals surface area (Å²) in [6, 6.07) is 4.26. The van der Waals surface area contributed by atoms with Crippen LogP contribution in [0.25, 0.3) is 0 Å². The maximum Gasteiger partial charge on any atom is 0.433 e. The minimum atomic E-state index is -0.580. The summed E-state index contributed by atoms with van der Waals surface area (Å²) in [6.45, 7) is 0. The van der Waals surface area contributed by atoms with E-state index in [1.807, 2.05) is 16.8 Å². The minimum Gasteiger partial charge on any atom is -0.404 e. The Morgan fingerprint density at radius 1 is 1.47 bits per heavy atom. The van der Waals surface area contributed by atoms with Gasteiger partial charge in [0.15, 0.2) is 0 Å². The quantitative estimate of drug-likeness (QED) is 0.640. The lowest BCUT2D eigenvalue weighted by Gasteiger charge is -2.04. The molecule has 2 heterocycles. The Morgan fingerprint density at radius 2 is 2.27 bits per heavy atom. The lowest BCUT2D eigenvalue weighted by molar-refractivity contribution is -0.402. The molecule has 0 saturated carbocycles. The molecule has 2 aromatic heterocycles. The number of nitrogens with two attached hydrogens (primary N) is 1. The molecule has 78 valence electrons. The Morgan fingerprint density at radius 3 is 2.80 bits per heavy atom. The monoisotopic (exact) mass is 224 g/mol. The summed E-state index contributed by atoms with van der Waals surface area (Å²) in [4.78, 5) is 9.82. The standard InChI is InChI=1S/C9H8N2O3S/c10-9(6-3-4-15-5-6)7-1-2-8(14-7)11(12)13/h1-5,9H,10H2/t9-/m1/s1. The van der Waals surface area contributed by atoms with Gasteiger partial charge in [0, 0.05) is 0 Å². The van der Waals surface area contributed by atoms with E-state index in [-0.39, 0.29) is 5.88 Å². The van der Waals surface area contributed by atoms with Crippen molar-refractivity contribution in [2.45, 2.75) is 6.04 Å². The van der Waals surface area contributed by atoms with Crippen LogP contribution < -0.4 is 5.73 Å². The van der Waals surface area contributed by atoms with Crippen molar-refractivity contribution in [3.63, 3.8) is 0 Å². The van der Waals surface area contributed by atoms with E-state index in [2.05, 4.69) is 0 Å². The van der Waals surface area contributed by atoms with Crippen molar-refractivity contribution >= 4 is 17.2 Å². The molecule has 0 aromatic carbocycles. The molecule has 0 aliphatic carbocycles. The van der Waals surface area contributed by atoms with E-state index in [4.69, 9.17) is 10.2 Å².